The number of hydrogen-bond acceptors (Lipinski definition) is 9. The first-order chi connectivity index (χ1) is 14.7. The van der Waals surface area contributed by atoms with Gasteiger partial charge in [-0.05, 0) is 5.56 Å². The van der Waals surface area contributed by atoms with Crippen LogP contribution in [0.2, 0.25) is 0 Å². The van der Waals surface area contributed by atoms with Gasteiger partial charge in [-0.2, -0.15) is 0 Å². The van der Waals surface area contributed by atoms with Crippen molar-refractivity contribution in [2.45, 2.75) is 19.6 Å². The summed E-state index contributed by atoms with van der Waals surface area (Å²) in [7, 11) is 3.22. The molecule has 2 N–H and O–H groups in total. The Balaban J connectivity index is 2.72. The number of hydrogen-bond donors (Lipinski definition) is 2. The molecule has 31 heavy (non-hydrogen) atoms. The average molecular weight is 438 g/mol. The molecular formula is C20H26N2O9. The number of ether oxygens (including phenoxy) is 4. The highest BCUT2D eigenvalue weighted by molar-refractivity contribution is 5.96. The molecule has 1 aromatic carbocycles. The second-order valence-electron chi connectivity index (χ2n) is 6.37. The summed E-state index contributed by atoms with van der Waals surface area (Å²) in [5.74, 6) is -6.10. The third-order valence-corrected chi connectivity index (χ3v) is 4.34. The lowest BCUT2D eigenvalue weighted by Crippen LogP contribution is -2.52. The quantitative estimate of drug-likeness (QED) is 0.296. The van der Waals surface area contributed by atoms with E-state index in [1.165, 1.54) is 6.92 Å². The molecule has 0 bridgehead atoms. The SMILES string of the molecule is COC(=O)C(C(=O)OC)[C@@H](C)[C@H](NC(=O)CNC(=O)OCc1ccccc1)C(=O)OC. The van der Waals surface area contributed by atoms with E-state index >= 15 is 0 Å². The highest BCUT2D eigenvalue weighted by Gasteiger charge is 2.42. The molecule has 11 nitrogen and oxygen atoms in total. The van der Waals surface area contributed by atoms with Gasteiger partial charge in [0.05, 0.1) is 21.3 Å². The Morgan fingerprint density at radius 2 is 1.42 bits per heavy atom. The number of amides is 2. The minimum absolute atomic E-state index is 0.00997. The number of methoxy groups -OCH3 is 3. The van der Waals surface area contributed by atoms with Gasteiger partial charge in [0, 0.05) is 5.92 Å². The molecule has 0 aromatic heterocycles. The second-order valence-corrected chi connectivity index (χ2v) is 6.37. The van der Waals surface area contributed by atoms with Crippen LogP contribution in [0.3, 0.4) is 0 Å². The van der Waals surface area contributed by atoms with Crippen molar-refractivity contribution in [1.29, 1.82) is 0 Å². The van der Waals surface area contributed by atoms with Gasteiger partial charge in [0.2, 0.25) is 5.91 Å². The van der Waals surface area contributed by atoms with E-state index in [1.54, 1.807) is 24.3 Å². The second kappa shape index (κ2) is 12.8. The molecule has 0 aliphatic heterocycles. The highest BCUT2D eigenvalue weighted by Crippen LogP contribution is 2.20. The molecule has 0 fully saturated rings. The van der Waals surface area contributed by atoms with Gasteiger partial charge in [0.25, 0.3) is 0 Å². The van der Waals surface area contributed by atoms with E-state index in [9.17, 15) is 24.0 Å². The number of alkyl carbamates (subject to hydrolysis) is 1. The Labute approximate surface area is 179 Å². The number of carbonyl (C=O) groups is 5. The van der Waals surface area contributed by atoms with Gasteiger partial charge in [-0.1, -0.05) is 37.3 Å². The zero-order valence-corrected chi connectivity index (χ0v) is 17.7. The normalized spacial score (nSPS) is 12.2. The van der Waals surface area contributed by atoms with Gasteiger partial charge in [0.1, 0.15) is 19.2 Å². The molecule has 0 radical (unpaired) electrons. The highest BCUT2D eigenvalue weighted by atomic mass is 16.6. The van der Waals surface area contributed by atoms with Crippen molar-refractivity contribution >= 4 is 29.9 Å². The number of carbonyl (C=O) groups excluding carboxylic acids is 5. The van der Waals surface area contributed by atoms with Gasteiger partial charge >= 0.3 is 24.0 Å². The summed E-state index contributed by atoms with van der Waals surface area (Å²) in [6.45, 7) is 0.868. The monoisotopic (exact) mass is 438 g/mol. The number of benzene rings is 1. The third-order valence-electron chi connectivity index (χ3n) is 4.34. The maximum atomic E-state index is 12.2. The molecule has 0 saturated heterocycles. The van der Waals surface area contributed by atoms with E-state index in [-0.39, 0.29) is 6.61 Å². The predicted octanol–water partition coefficient (Wildman–Crippen LogP) is 0.169. The van der Waals surface area contributed by atoms with Crippen molar-refractivity contribution in [3.8, 4) is 0 Å². The first kappa shape index (κ1) is 25.4. The van der Waals surface area contributed by atoms with Gasteiger partial charge < -0.3 is 29.6 Å². The van der Waals surface area contributed by atoms with E-state index in [0.717, 1.165) is 26.9 Å². The maximum Gasteiger partial charge on any atom is 0.407 e. The zero-order chi connectivity index (χ0) is 23.4. The van der Waals surface area contributed by atoms with Crippen molar-refractivity contribution in [3.05, 3.63) is 35.9 Å². The van der Waals surface area contributed by atoms with Gasteiger partial charge in [-0.15, -0.1) is 0 Å². The minimum Gasteiger partial charge on any atom is -0.468 e. The summed E-state index contributed by atoms with van der Waals surface area (Å²) in [6.07, 6.45) is -0.844. The summed E-state index contributed by atoms with van der Waals surface area (Å²) in [5, 5.41) is 4.58. The van der Waals surface area contributed by atoms with E-state index < -0.39 is 54.3 Å². The van der Waals surface area contributed by atoms with Crippen LogP contribution in [0.15, 0.2) is 30.3 Å². The average Bonchev–Trinajstić information content (AvgIpc) is 2.79. The van der Waals surface area contributed by atoms with E-state index in [4.69, 9.17) is 4.74 Å². The fraction of sp³-hybridized carbons (Fsp3) is 0.450. The molecule has 0 heterocycles. The van der Waals surface area contributed by atoms with Crippen LogP contribution in [0, 0.1) is 11.8 Å². The van der Waals surface area contributed by atoms with Gasteiger partial charge in [-0.3, -0.25) is 14.4 Å². The summed E-state index contributed by atoms with van der Waals surface area (Å²) in [5.41, 5.74) is 0.762. The first-order valence-electron chi connectivity index (χ1n) is 9.22. The molecule has 1 rings (SSSR count). The van der Waals surface area contributed by atoms with Crippen LogP contribution in [0.5, 0.6) is 0 Å². The Hall–Kier alpha value is -3.63. The molecule has 0 unspecified atom stereocenters. The molecule has 0 spiro atoms. The number of esters is 3. The van der Waals surface area contributed by atoms with E-state index in [0.29, 0.717) is 0 Å². The molecule has 0 aliphatic rings. The topological polar surface area (TPSA) is 146 Å². The summed E-state index contributed by atoms with van der Waals surface area (Å²) < 4.78 is 18.8. The fourth-order valence-corrected chi connectivity index (χ4v) is 2.65. The van der Waals surface area contributed by atoms with Crippen LogP contribution >= 0.6 is 0 Å². The lowest BCUT2D eigenvalue weighted by atomic mass is 9.87. The van der Waals surface area contributed by atoms with Crippen LogP contribution in [0.1, 0.15) is 12.5 Å². The lowest BCUT2D eigenvalue weighted by molar-refractivity contribution is -0.163. The summed E-state index contributed by atoms with van der Waals surface area (Å²) >= 11 is 0. The van der Waals surface area contributed by atoms with E-state index in [1.807, 2.05) is 6.07 Å². The van der Waals surface area contributed by atoms with Crippen molar-refractivity contribution in [2.24, 2.45) is 11.8 Å². The first-order valence-corrected chi connectivity index (χ1v) is 9.22. The molecule has 2 amide bonds. The summed E-state index contributed by atoms with van der Waals surface area (Å²) in [6, 6.07) is 7.53. The Kier molecular flexibility index (Phi) is 10.5. The number of rotatable bonds is 10. The van der Waals surface area contributed by atoms with Crippen LogP contribution in [-0.4, -0.2) is 63.8 Å². The zero-order valence-electron chi connectivity index (χ0n) is 17.7. The molecule has 11 heteroatoms. The van der Waals surface area contributed by atoms with Crippen LogP contribution in [0.4, 0.5) is 4.79 Å². The minimum atomic E-state index is -1.48. The predicted molar refractivity (Wildman–Crippen MR) is 105 cm³/mol. The van der Waals surface area contributed by atoms with Crippen molar-refractivity contribution in [1.82, 2.24) is 10.6 Å². The third kappa shape index (κ3) is 7.96. The van der Waals surface area contributed by atoms with Crippen LogP contribution < -0.4 is 10.6 Å². The standard InChI is InChI=1S/C20H26N2O9/c1-12(15(17(24)28-2)18(25)29-3)16(19(26)30-4)22-14(23)10-21-20(27)31-11-13-8-6-5-7-9-13/h5-9,12,15-16H,10-11H2,1-4H3,(H,21,27)(H,22,23)/t12-,16+/m1/s1. The van der Waals surface area contributed by atoms with Crippen LogP contribution in [0.25, 0.3) is 0 Å². The van der Waals surface area contributed by atoms with Crippen molar-refractivity contribution in [2.75, 3.05) is 27.9 Å². The Morgan fingerprint density at radius 3 is 1.94 bits per heavy atom. The van der Waals surface area contributed by atoms with E-state index in [2.05, 4.69) is 24.8 Å². The Bertz CT molecular complexity index is 766. The smallest absolute Gasteiger partial charge is 0.407 e. The molecule has 0 saturated carbocycles. The van der Waals surface area contributed by atoms with Gasteiger partial charge in [0.15, 0.2) is 5.92 Å². The lowest BCUT2D eigenvalue weighted by Gasteiger charge is -2.27. The molecular weight excluding hydrogens is 412 g/mol. The van der Waals surface area contributed by atoms with Crippen molar-refractivity contribution in [3.63, 3.8) is 0 Å². The van der Waals surface area contributed by atoms with Crippen LogP contribution in [-0.2, 0) is 44.7 Å². The Morgan fingerprint density at radius 1 is 0.871 bits per heavy atom. The number of nitrogens with one attached hydrogen (secondary N) is 2. The van der Waals surface area contributed by atoms with Crippen molar-refractivity contribution < 1.29 is 42.9 Å². The molecule has 1 aromatic rings. The molecule has 2 atom stereocenters. The molecule has 0 aliphatic carbocycles. The molecule has 170 valence electrons. The summed E-state index contributed by atoms with van der Waals surface area (Å²) in [4.78, 5) is 60.2. The fourth-order valence-electron chi connectivity index (χ4n) is 2.65. The maximum absolute atomic E-state index is 12.2. The largest absolute Gasteiger partial charge is 0.468 e. The van der Waals surface area contributed by atoms with Gasteiger partial charge in [-0.25, -0.2) is 9.59 Å².